The fourth-order valence-corrected chi connectivity index (χ4v) is 1.04. The molecule has 0 aliphatic heterocycles. The van der Waals surface area contributed by atoms with Gasteiger partial charge in [-0.3, -0.25) is 4.79 Å². The van der Waals surface area contributed by atoms with Crippen LogP contribution in [0.25, 0.3) is 0 Å². The van der Waals surface area contributed by atoms with Crippen LogP contribution in [-0.4, -0.2) is 37.5 Å². The Hall–Kier alpha value is -0.570. The van der Waals surface area contributed by atoms with E-state index in [1.165, 1.54) is 0 Å². The van der Waals surface area contributed by atoms with Gasteiger partial charge in [-0.05, 0) is 19.4 Å². The molecule has 1 N–H and O–H groups in total. The van der Waals surface area contributed by atoms with Crippen LogP contribution in [0.15, 0.2) is 0 Å². The van der Waals surface area contributed by atoms with Gasteiger partial charge in [-0.25, -0.2) is 0 Å². The van der Waals surface area contributed by atoms with Crippen LogP contribution in [0.5, 0.6) is 0 Å². The molecule has 1 amide bonds. The van der Waals surface area contributed by atoms with Crippen LogP contribution in [0.4, 0.5) is 0 Å². The van der Waals surface area contributed by atoms with Crippen LogP contribution in [-0.2, 0) is 4.79 Å². The number of rotatable bonds is 5. The summed E-state index contributed by atoms with van der Waals surface area (Å²) in [5.41, 5.74) is 0. The van der Waals surface area contributed by atoms with Gasteiger partial charge in [0.1, 0.15) is 0 Å². The first-order valence-corrected chi connectivity index (χ1v) is 4.58. The highest BCUT2D eigenvalue weighted by molar-refractivity contribution is 5.81. The van der Waals surface area contributed by atoms with Crippen LogP contribution in [0.1, 0.15) is 26.7 Å². The van der Waals surface area contributed by atoms with E-state index in [0.29, 0.717) is 0 Å². The number of amides is 1. The van der Waals surface area contributed by atoms with E-state index in [4.69, 9.17) is 0 Å². The zero-order valence-electron chi connectivity index (χ0n) is 8.55. The molecular weight excluding hydrogens is 152 g/mol. The molecule has 12 heavy (non-hydrogen) atoms. The Labute approximate surface area is 75.1 Å². The van der Waals surface area contributed by atoms with E-state index >= 15 is 0 Å². The minimum absolute atomic E-state index is 0.0000463. The van der Waals surface area contributed by atoms with E-state index in [1.807, 2.05) is 6.92 Å². The fourth-order valence-electron chi connectivity index (χ4n) is 1.04. The molecule has 0 aromatic rings. The van der Waals surface area contributed by atoms with Gasteiger partial charge in [0.2, 0.25) is 5.91 Å². The maximum atomic E-state index is 11.4. The molecule has 1 atom stereocenters. The van der Waals surface area contributed by atoms with E-state index < -0.39 is 0 Å². The Balaban J connectivity index is 3.88. The van der Waals surface area contributed by atoms with Crippen molar-refractivity contribution in [1.82, 2.24) is 10.2 Å². The SMILES string of the molecule is CCCNC(CC)C(=O)N(C)C. The maximum Gasteiger partial charge on any atom is 0.239 e. The van der Waals surface area contributed by atoms with Crippen molar-refractivity contribution in [2.45, 2.75) is 32.7 Å². The van der Waals surface area contributed by atoms with Gasteiger partial charge in [0, 0.05) is 14.1 Å². The summed E-state index contributed by atoms with van der Waals surface area (Å²) in [7, 11) is 3.58. The summed E-state index contributed by atoms with van der Waals surface area (Å²) >= 11 is 0. The highest BCUT2D eigenvalue weighted by Crippen LogP contribution is 1.95. The lowest BCUT2D eigenvalue weighted by Gasteiger charge is -2.19. The lowest BCUT2D eigenvalue weighted by molar-refractivity contribution is -0.131. The van der Waals surface area contributed by atoms with Gasteiger partial charge >= 0.3 is 0 Å². The van der Waals surface area contributed by atoms with E-state index in [2.05, 4.69) is 12.2 Å². The number of hydrogen-bond acceptors (Lipinski definition) is 2. The largest absolute Gasteiger partial charge is 0.347 e. The summed E-state index contributed by atoms with van der Waals surface area (Å²) in [5.74, 6) is 0.172. The number of likely N-dealkylation sites (N-methyl/N-ethyl adjacent to an activating group) is 1. The van der Waals surface area contributed by atoms with Gasteiger partial charge < -0.3 is 10.2 Å². The molecule has 72 valence electrons. The highest BCUT2D eigenvalue weighted by atomic mass is 16.2. The average Bonchev–Trinajstić information content (AvgIpc) is 2.05. The van der Waals surface area contributed by atoms with Crippen LogP contribution in [0, 0.1) is 0 Å². The van der Waals surface area contributed by atoms with Gasteiger partial charge in [0.15, 0.2) is 0 Å². The Morgan fingerprint density at radius 2 is 2.00 bits per heavy atom. The van der Waals surface area contributed by atoms with Crippen LogP contribution >= 0.6 is 0 Å². The van der Waals surface area contributed by atoms with Crippen molar-refractivity contribution < 1.29 is 4.79 Å². The summed E-state index contributed by atoms with van der Waals surface area (Å²) in [5, 5.41) is 3.21. The number of nitrogens with one attached hydrogen (secondary N) is 1. The standard InChI is InChI=1S/C9H20N2O/c1-5-7-10-8(6-2)9(12)11(3)4/h8,10H,5-7H2,1-4H3. The van der Waals surface area contributed by atoms with E-state index in [-0.39, 0.29) is 11.9 Å². The van der Waals surface area contributed by atoms with Gasteiger partial charge in [-0.2, -0.15) is 0 Å². The first-order valence-electron chi connectivity index (χ1n) is 4.58. The topological polar surface area (TPSA) is 32.3 Å². The second-order valence-corrected chi connectivity index (χ2v) is 3.15. The normalized spacial score (nSPS) is 12.7. The van der Waals surface area contributed by atoms with Crippen molar-refractivity contribution >= 4 is 5.91 Å². The zero-order chi connectivity index (χ0) is 9.56. The fraction of sp³-hybridized carbons (Fsp3) is 0.889. The van der Waals surface area contributed by atoms with Gasteiger partial charge in [0.05, 0.1) is 6.04 Å². The summed E-state index contributed by atoms with van der Waals surface area (Å²) in [6, 6.07) is -0.0000463. The second-order valence-electron chi connectivity index (χ2n) is 3.15. The number of carbonyl (C=O) groups excluding carboxylic acids is 1. The molecule has 0 saturated heterocycles. The monoisotopic (exact) mass is 172 g/mol. The number of hydrogen-bond donors (Lipinski definition) is 1. The van der Waals surface area contributed by atoms with Crippen molar-refractivity contribution in [2.75, 3.05) is 20.6 Å². The molecule has 0 aromatic carbocycles. The summed E-state index contributed by atoms with van der Waals surface area (Å²) in [6.45, 7) is 5.03. The minimum atomic E-state index is -0.0000463. The summed E-state index contributed by atoms with van der Waals surface area (Å²) < 4.78 is 0. The smallest absolute Gasteiger partial charge is 0.239 e. The first-order chi connectivity index (χ1) is 5.63. The molecule has 0 aliphatic rings. The Morgan fingerprint density at radius 3 is 2.33 bits per heavy atom. The first kappa shape index (κ1) is 11.4. The van der Waals surface area contributed by atoms with Crippen molar-refractivity contribution in [3.05, 3.63) is 0 Å². The number of carbonyl (C=O) groups is 1. The summed E-state index contributed by atoms with van der Waals surface area (Å²) in [4.78, 5) is 13.1. The third-order valence-electron chi connectivity index (χ3n) is 1.79. The molecule has 3 heteroatoms. The lowest BCUT2D eigenvalue weighted by Crippen LogP contribution is -2.43. The third-order valence-corrected chi connectivity index (χ3v) is 1.79. The van der Waals surface area contributed by atoms with Crippen molar-refractivity contribution in [3.8, 4) is 0 Å². The molecule has 0 heterocycles. The molecule has 0 bridgehead atoms. The van der Waals surface area contributed by atoms with Crippen LogP contribution in [0.3, 0.4) is 0 Å². The van der Waals surface area contributed by atoms with Crippen molar-refractivity contribution in [2.24, 2.45) is 0 Å². The molecule has 0 aromatic heterocycles. The highest BCUT2D eigenvalue weighted by Gasteiger charge is 2.16. The Bertz CT molecular complexity index is 134. The number of nitrogens with zero attached hydrogens (tertiary/aromatic N) is 1. The maximum absolute atomic E-state index is 11.4. The Kier molecular flexibility index (Phi) is 5.72. The molecule has 0 saturated carbocycles. The van der Waals surface area contributed by atoms with Gasteiger partial charge in [-0.1, -0.05) is 13.8 Å². The van der Waals surface area contributed by atoms with Gasteiger partial charge in [-0.15, -0.1) is 0 Å². The Morgan fingerprint density at radius 1 is 1.42 bits per heavy atom. The van der Waals surface area contributed by atoms with Crippen molar-refractivity contribution in [3.63, 3.8) is 0 Å². The predicted octanol–water partition coefficient (Wildman–Crippen LogP) is 0.853. The third kappa shape index (κ3) is 3.72. The average molecular weight is 172 g/mol. The molecule has 0 rings (SSSR count). The second kappa shape index (κ2) is 6.00. The predicted molar refractivity (Wildman–Crippen MR) is 51.1 cm³/mol. The van der Waals surface area contributed by atoms with Crippen LogP contribution < -0.4 is 5.32 Å². The minimum Gasteiger partial charge on any atom is -0.347 e. The zero-order valence-corrected chi connectivity index (χ0v) is 8.55. The molecule has 0 spiro atoms. The molecule has 0 radical (unpaired) electrons. The molecule has 0 fully saturated rings. The van der Waals surface area contributed by atoms with Crippen LogP contribution in [0.2, 0.25) is 0 Å². The lowest BCUT2D eigenvalue weighted by atomic mass is 10.2. The van der Waals surface area contributed by atoms with E-state index in [9.17, 15) is 4.79 Å². The van der Waals surface area contributed by atoms with E-state index in [0.717, 1.165) is 19.4 Å². The molecule has 0 aliphatic carbocycles. The molecular formula is C9H20N2O. The quantitative estimate of drug-likeness (QED) is 0.667. The van der Waals surface area contributed by atoms with Crippen molar-refractivity contribution in [1.29, 1.82) is 0 Å². The van der Waals surface area contributed by atoms with Gasteiger partial charge in [0.25, 0.3) is 0 Å². The molecule has 1 unspecified atom stereocenters. The summed E-state index contributed by atoms with van der Waals surface area (Å²) in [6.07, 6.45) is 1.92. The van der Waals surface area contributed by atoms with E-state index in [1.54, 1.807) is 19.0 Å². The molecule has 3 nitrogen and oxygen atoms in total.